The zero-order chi connectivity index (χ0) is 95.5. The number of carbonyl (C=O) groups excluding carboxylic acids is 10. The Kier molecular flexibility index (Phi) is 80.7. The number of carbonyl (C=O) groups is 11. The molecule has 10 aromatic carbocycles. The molecule has 0 fully saturated rings. The molecule has 0 saturated heterocycles. The molecule has 0 unspecified atom stereocenters. The maximum atomic E-state index is 11.2. The van der Waals surface area contributed by atoms with Crippen molar-refractivity contribution < 1.29 is 106 Å². The van der Waals surface area contributed by atoms with Crippen molar-refractivity contribution in [1.29, 1.82) is 0 Å². The molecule has 10 rings (SSSR count). The Balaban J connectivity index is -0.00000133. The number of esters is 5. The lowest BCUT2D eigenvalue weighted by Gasteiger charge is -2.06. The number of aldehydes is 2. The molecule has 0 aliphatic carbocycles. The second-order valence-corrected chi connectivity index (χ2v) is 27.3. The fraction of sp³-hybridized carbons (Fsp3) is 0.330. The largest absolute Gasteiger partial charge is 0.497 e. The molecule has 0 saturated carbocycles. The van der Waals surface area contributed by atoms with Gasteiger partial charge in [0.15, 0.2) is 5.78 Å². The third-order valence-corrected chi connectivity index (χ3v) is 15.8. The molecule has 0 spiro atoms. The number of Topliss-reactive ketones (excluding diaryl/α,β-unsaturated/α-hetero) is 2. The van der Waals surface area contributed by atoms with Gasteiger partial charge in [-0.15, -0.1) is 0 Å². The number of benzene rings is 10. The smallest absolute Gasteiger partial charge is 0.306 e. The predicted octanol–water partition coefficient (Wildman–Crippen LogP) is 23.0. The number of aliphatic hydroxyl groups is 1. The number of rotatable bonds is 34. The van der Waals surface area contributed by atoms with Gasteiger partial charge in [0.1, 0.15) is 62.0 Å². The number of hydrogen-bond acceptors (Lipinski definition) is 21. The van der Waals surface area contributed by atoms with Crippen molar-refractivity contribution in [3.05, 3.63) is 342 Å². The molecule has 0 atom stereocenters. The quantitative estimate of drug-likeness (QED) is 0.00945. The zero-order valence-electron chi connectivity index (χ0n) is 77.0. The van der Waals surface area contributed by atoms with Crippen LogP contribution in [-0.4, -0.2) is 111 Å². The summed E-state index contributed by atoms with van der Waals surface area (Å²) in [6.45, 7) is 21.4. The van der Waals surface area contributed by atoms with Gasteiger partial charge in [0.25, 0.3) is 6.47 Å². The van der Waals surface area contributed by atoms with Crippen LogP contribution in [0.25, 0.3) is 0 Å². The normalized spacial score (nSPS) is 9.18. The second kappa shape index (κ2) is 87.0. The van der Waals surface area contributed by atoms with E-state index in [1.807, 2.05) is 257 Å². The number of methoxy groups -OCH3 is 3. The lowest BCUT2D eigenvalue weighted by molar-refractivity contribution is -0.146. The number of aliphatic carboxylic acids is 1. The highest BCUT2D eigenvalue weighted by Gasteiger charge is 2.08. The minimum atomic E-state index is -0.682. The van der Waals surface area contributed by atoms with Crippen LogP contribution in [-0.2, 0) is 99.8 Å². The molecule has 0 amide bonds. The lowest BCUT2D eigenvalue weighted by atomic mass is 10.1. The molecule has 0 bridgehead atoms. The minimum Gasteiger partial charge on any atom is -0.497 e. The van der Waals surface area contributed by atoms with Crippen LogP contribution < -0.4 is 14.2 Å². The number of carboxylic acid groups (broad SMARTS) is 1. The van der Waals surface area contributed by atoms with Gasteiger partial charge in [-0.2, -0.15) is 0 Å². The molecule has 22 nitrogen and oxygen atoms in total. The molecule has 0 aliphatic heterocycles. The van der Waals surface area contributed by atoms with Gasteiger partial charge in [-0.3, -0.25) is 52.7 Å². The van der Waals surface area contributed by atoms with E-state index in [9.17, 15) is 52.7 Å². The van der Waals surface area contributed by atoms with E-state index in [2.05, 4.69) is 25.5 Å². The van der Waals surface area contributed by atoms with E-state index in [4.69, 9.17) is 48.1 Å². The molecule has 22 heteroatoms. The number of ether oxygens (including phenoxy) is 9. The summed E-state index contributed by atoms with van der Waals surface area (Å²) in [6, 6.07) is 92.3. The summed E-state index contributed by atoms with van der Waals surface area (Å²) in [7, 11) is 4.92. The third-order valence-electron chi connectivity index (χ3n) is 15.8. The van der Waals surface area contributed by atoms with Gasteiger partial charge in [-0.1, -0.05) is 336 Å². The van der Waals surface area contributed by atoms with Crippen LogP contribution in [0.2, 0.25) is 0 Å². The number of ketones is 2. The first-order valence-corrected chi connectivity index (χ1v) is 42.5. The highest BCUT2D eigenvalue weighted by molar-refractivity contribution is 6.07. The lowest BCUT2D eigenvalue weighted by Crippen LogP contribution is -2.07. The summed E-state index contributed by atoms with van der Waals surface area (Å²) in [5.41, 5.74) is 7.05. The Bertz CT molecular complexity index is 4220. The van der Waals surface area contributed by atoms with Crippen molar-refractivity contribution in [1.82, 2.24) is 0 Å². The van der Waals surface area contributed by atoms with Gasteiger partial charge in [-0.05, 0) is 108 Å². The van der Waals surface area contributed by atoms with Crippen LogP contribution >= 0.6 is 0 Å². The molecule has 128 heavy (non-hydrogen) atoms. The Hall–Kier alpha value is -13.5. The molecule has 0 aromatic heterocycles. The van der Waals surface area contributed by atoms with Gasteiger partial charge >= 0.3 is 35.8 Å². The van der Waals surface area contributed by atoms with Gasteiger partial charge in [0.2, 0.25) is 0 Å². The molecule has 692 valence electrons. The van der Waals surface area contributed by atoms with Crippen molar-refractivity contribution in [2.45, 2.75) is 192 Å². The maximum absolute atomic E-state index is 11.2. The van der Waals surface area contributed by atoms with E-state index in [1.54, 1.807) is 88.9 Å². The number of hydrogen-bond donors (Lipinski definition) is 2. The summed E-state index contributed by atoms with van der Waals surface area (Å²) < 4.78 is 43.7. The van der Waals surface area contributed by atoms with Crippen molar-refractivity contribution in [2.75, 3.05) is 34.5 Å². The average Bonchev–Trinajstić information content (AvgIpc) is 0.919. The fourth-order valence-corrected chi connectivity index (χ4v) is 9.03. The van der Waals surface area contributed by atoms with Crippen molar-refractivity contribution in [3.8, 4) is 17.2 Å². The number of aliphatic hydroxyl groups excluding tert-OH is 1. The van der Waals surface area contributed by atoms with Crippen molar-refractivity contribution in [3.63, 3.8) is 0 Å². The Morgan fingerprint density at radius 2 is 0.656 bits per heavy atom. The molecule has 0 heterocycles. The van der Waals surface area contributed by atoms with Gasteiger partial charge < -0.3 is 52.8 Å². The first kappa shape index (κ1) is 119. The fourth-order valence-electron chi connectivity index (χ4n) is 9.03. The van der Waals surface area contributed by atoms with Gasteiger partial charge in [0, 0.05) is 56.2 Å². The topological polar surface area (TPSA) is 311 Å². The first-order valence-electron chi connectivity index (χ1n) is 42.5. The number of para-hydroxylation sites is 2. The van der Waals surface area contributed by atoms with Crippen LogP contribution in [0.4, 0.5) is 0 Å². The van der Waals surface area contributed by atoms with E-state index in [0.717, 1.165) is 108 Å². The Morgan fingerprint density at radius 1 is 0.344 bits per heavy atom. The summed E-state index contributed by atoms with van der Waals surface area (Å²) in [6.07, 6.45) is 13.0. The summed E-state index contributed by atoms with van der Waals surface area (Å²) in [5.74, 6) is 1.29. The van der Waals surface area contributed by atoms with Crippen LogP contribution in [0.3, 0.4) is 0 Å². The standard InChI is InChI=1S/C12H16O2.C10H10O2.C10H12O2.C9H10O2.2C8H8O2.C8H16O2.C7H14O2.3C7H8O.C7H6O.C6H12O2/c1-10(2)8-12(13)14-9-11-6-4-3-5-7-11;1-8(11)7-10(12)9-5-3-2-4-6-9;1-2-10(11)12-8-9-6-4-3-5-7-9;1-8(10)11-7-9-5-3-2-4-6-9;1-10-8-4-2-7(6-9)3-5-8;9-7-10-6-8-4-2-1-3-5-8;1-3-5-6-7-10-8(9)4-2;1-3-4-5-6-9-7(2)8;2*1-8-7-5-3-2-4-6-7;2*8-6-7-4-2-1-3-5-7;1-2-3-4-5-6(7)8/h3-7,10H,8-9H2,1-2H3;2-6H,7H2,1H3;3-7H,2,8H2,1H3;2-6H,7H2,1H3;2-6H,1H3;1-5,7H,6H2;3-7H2,1-2H3;3-6H2,1-2H3;2*2-6H,1H3;1-5,8H,6H2;1-6H;2-5H2,1H3,(H,7,8). The second-order valence-electron chi connectivity index (χ2n) is 27.3. The number of unbranched alkanes of at least 4 members (excludes halogenated alkanes) is 6. The Morgan fingerprint density at radius 3 is 0.961 bits per heavy atom. The molecule has 2 N–H and O–H groups in total. The van der Waals surface area contributed by atoms with Crippen LogP contribution in [0.15, 0.2) is 297 Å². The van der Waals surface area contributed by atoms with E-state index in [0.29, 0.717) is 88.8 Å². The molecule has 0 aliphatic rings. The zero-order valence-corrected chi connectivity index (χ0v) is 77.0. The van der Waals surface area contributed by atoms with Crippen LogP contribution in [0.1, 0.15) is 218 Å². The first-order chi connectivity index (χ1) is 61.9. The molecular formula is C106H136O22. The summed E-state index contributed by atoms with van der Waals surface area (Å²) >= 11 is 0. The third kappa shape index (κ3) is 79.7. The van der Waals surface area contributed by atoms with Crippen LogP contribution in [0.5, 0.6) is 17.2 Å². The maximum Gasteiger partial charge on any atom is 0.306 e. The molecular weight excluding hydrogens is 1630 g/mol. The van der Waals surface area contributed by atoms with Crippen molar-refractivity contribution >= 4 is 66.4 Å². The molecule has 10 aromatic rings. The van der Waals surface area contributed by atoms with Crippen LogP contribution in [0, 0.1) is 5.92 Å². The summed E-state index contributed by atoms with van der Waals surface area (Å²) in [4.78, 5) is 115. The average molecular weight is 1760 g/mol. The van der Waals surface area contributed by atoms with E-state index < -0.39 is 5.97 Å². The minimum absolute atomic E-state index is 0.00398. The summed E-state index contributed by atoms with van der Waals surface area (Å²) in [5, 5.41) is 16.7. The highest BCUT2D eigenvalue weighted by Crippen LogP contribution is 2.12. The predicted molar refractivity (Wildman–Crippen MR) is 505 cm³/mol. The number of carboxylic acids is 1. The SMILES string of the molecule is CC(=O)CC(=O)c1ccccc1.CC(=O)OCc1ccccc1.CC(C)CC(=O)OCc1ccccc1.CCC(=O)OCc1ccccc1.CCCCCC(=O)O.CCCCCOC(=O)CC.CCCCCOC(C)=O.COc1ccc(C=O)cc1.COc1ccccc1.COc1ccccc1.O=COCc1ccccc1.O=Cc1ccccc1.OCc1ccccc1. The van der Waals surface area contributed by atoms with Crippen molar-refractivity contribution in [2.24, 2.45) is 5.92 Å². The van der Waals surface area contributed by atoms with E-state index in [1.165, 1.54) is 33.6 Å². The van der Waals surface area contributed by atoms with Gasteiger partial charge in [0.05, 0.1) is 47.6 Å². The molecule has 0 radical (unpaired) electrons. The van der Waals surface area contributed by atoms with E-state index in [-0.39, 0.29) is 54.4 Å². The highest BCUT2D eigenvalue weighted by atomic mass is 16.6. The van der Waals surface area contributed by atoms with E-state index >= 15 is 0 Å². The van der Waals surface area contributed by atoms with Gasteiger partial charge in [-0.25, -0.2) is 0 Å². The monoisotopic (exact) mass is 1760 g/mol. The Labute approximate surface area is 759 Å².